The fourth-order valence-corrected chi connectivity index (χ4v) is 6.33. The first-order valence-electron chi connectivity index (χ1n) is 12.5. The number of carbonyl (C=O) groups excluding carboxylic acids is 1. The number of ether oxygens (including phenoxy) is 1. The molecule has 180 valence electrons. The highest BCUT2D eigenvalue weighted by Gasteiger charge is 2.39. The zero-order valence-electron chi connectivity index (χ0n) is 21.3. The maximum Gasteiger partial charge on any atom is 0.192 e. The molecule has 0 unspecified atom stereocenters. The van der Waals surface area contributed by atoms with Gasteiger partial charge in [-0.05, 0) is 66.6 Å². The van der Waals surface area contributed by atoms with E-state index < -0.39 is 8.32 Å². The van der Waals surface area contributed by atoms with Gasteiger partial charge in [-0.15, -0.1) is 0 Å². The molecule has 0 radical (unpaired) electrons. The molecule has 1 heterocycles. The summed E-state index contributed by atoms with van der Waals surface area (Å²) in [5.74, 6) is 1.65. The molecule has 0 amide bonds. The van der Waals surface area contributed by atoms with Crippen molar-refractivity contribution >= 4 is 14.6 Å². The summed E-state index contributed by atoms with van der Waals surface area (Å²) in [4.78, 5) is 11.6. The van der Waals surface area contributed by atoms with Crippen LogP contribution >= 0.6 is 0 Å². The van der Waals surface area contributed by atoms with Gasteiger partial charge in [0.1, 0.15) is 6.29 Å². The molecular formula is C26H48O4Si. The monoisotopic (exact) mass is 452 g/mol. The summed E-state index contributed by atoms with van der Waals surface area (Å²) in [5, 5.41) is 10.5. The summed E-state index contributed by atoms with van der Waals surface area (Å²) in [7, 11) is -1.81. The Bertz CT molecular complexity index is 609. The van der Waals surface area contributed by atoms with E-state index in [1.165, 1.54) is 12.8 Å². The highest BCUT2D eigenvalue weighted by Crippen LogP contribution is 2.41. The molecule has 1 saturated heterocycles. The topological polar surface area (TPSA) is 55.8 Å². The predicted octanol–water partition coefficient (Wildman–Crippen LogP) is 6.00. The predicted molar refractivity (Wildman–Crippen MR) is 131 cm³/mol. The van der Waals surface area contributed by atoms with Crippen LogP contribution in [0, 0.1) is 29.6 Å². The highest BCUT2D eigenvalue weighted by atomic mass is 28.4. The lowest BCUT2D eigenvalue weighted by atomic mass is 9.67. The third kappa shape index (κ3) is 6.75. The minimum Gasteiger partial charge on any atom is -0.414 e. The Morgan fingerprint density at radius 1 is 1.16 bits per heavy atom. The van der Waals surface area contributed by atoms with Crippen molar-refractivity contribution in [1.82, 2.24) is 0 Å². The summed E-state index contributed by atoms with van der Waals surface area (Å²) >= 11 is 0. The van der Waals surface area contributed by atoms with Crippen molar-refractivity contribution in [3.8, 4) is 0 Å². The normalized spacial score (nSPS) is 34.4. The summed E-state index contributed by atoms with van der Waals surface area (Å²) in [6.45, 7) is 18.6. The molecule has 31 heavy (non-hydrogen) atoms. The van der Waals surface area contributed by atoms with Crippen LogP contribution in [0.5, 0.6) is 0 Å². The summed E-state index contributed by atoms with van der Waals surface area (Å²) in [5.41, 5.74) is 1.01. The largest absolute Gasteiger partial charge is 0.414 e. The Hall–Kier alpha value is -0.493. The van der Waals surface area contributed by atoms with Crippen LogP contribution < -0.4 is 0 Å². The SMILES string of the molecule is C[C@H](C=O)[C@H]1[C@H](C)CCC[C@@H]1/C=C(\CO)[C@@H]1O[C@H](CO[Si](C)(C)C(C)(C)C)CC[C@H]1C. The average Bonchev–Trinajstić information content (AvgIpc) is 2.70. The first-order chi connectivity index (χ1) is 14.4. The number of aliphatic hydroxyl groups excluding tert-OH is 1. The van der Waals surface area contributed by atoms with Crippen LogP contribution in [0.1, 0.15) is 73.6 Å². The molecule has 1 saturated carbocycles. The lowest BCUT2D eigenvalue weighted by Gasteiger charge is -2.41. The third-order valence-electron chi connectivity index (χ3n) is 8.38. The fourth-order valence-electron chi connectivity index (χ4n) is 5.29. The van der Waals surface area contributed by atoms with Gasteiger partial charge in [0.25, 0.3) is 0 Å². The van der Waals surface area contributed by atoms with E-state index in [1.54, 1.807) is 0 Å². The Balaban J connectivity index is 2.14. The molecule has 1 N–H and O–H groups in total. The Kier molecular flexibility index (Phi) is 9.57. The fraction of sp³-hybridized carbons (Fsp3) is 0.885. The van der Waals surface area contributed by atoms with Gasteiger partial charge in [-0.1, -0.05) is 60.5 Å². The maximum atomic E-state index is 11.6. The van der Waals surface area contributed by atoms with Gasteiger partial charge in [0, 0.05) is 5.92 Å². The van der Waals surface area contributed by atoms with Gasteiger partial charge in [-0.3, -0.25) is 0 Å². The van der Waals surface area contributed by atoms with Gasteiger partial charge in [-0.25, -0.2) is 0 Å². The molecule has 1 aliphatic heterocycles. The minimum atomic E-state index is -1.81. The first kappa shape index (κ1) is 26.8. The molecule has 7 atom stereocenters. The summed E-state index contributed by atoms with van der Waals surface area (Å²) in [6.07, 6.45) is 8.97. The van der Waals surface area contributed by atoms with Gasteiger partial charge in [0.15, 0.2) is 8.32 Å². The van der Waals surface area contributed by atoms with Crippen molar-refractivity contribution in [2.24, 2.45) is 29.6 Å². The molecule has 0 bridgehead atoms. The van der Waals surface area contributed by atoms with Crippen LogP contribution in [0.4, 0.5) is 0 Å². The maximum absolute atomic E-state index is 11.6. The second-order valence-electron chi connectivity index (χ2n) is 11.8. The van der Waals surface area contributed by atoms with Gasteiger partial charge >= 0.3 is 0 Å². The second-order valence-corrected chi connectivity index (χ2v) is 16.7. The average molecular weight is 453 g/mol. The number of rotatable bonds is 8. The zero-order chi connectivity index (χ0) is 23.4. The molecule has 0 aromatic heterocycles. The van der Waals surface area contributed by atoms with Crippen LogP contribution in [0.2, 0.25) is 18.1 Å². The number of carbonyl (C=O) groups is 1. The molecular weight excluding hydrogens is 404 g/mol. The van der Waals surface area contributed by atoms with Gasteiger partial charge in [0.05, 0.1) is 25.4 Å². The van der Waals surface area contributed by atoms with Crippen LogP contribution in [-0.2, 0) is 14.0 Å². The number of aldehydes is 1. The van der Waals surface area contributed by atoms with E-state index in [9.17, 15) is 9.90 Å². The number of aliphatic hydroxyl groups is 1. The smallest absolute Gasteiger partial charge is 0.192 e. The Labute approximate surface area is 192 Å². The minimum absolute atomic E-state index is 0.0257. The van der Waals surface area contributed by atoms with E-state index in [-0.39, 0.29) is 29.8 Å². The summed E-state index contributed by atoms with van der Waals surface area (Å²) < 4.78 is 13.0. The van der Waals surface area contributed by atoms with E-state index in [0.717, 1.165) is 31.1 Å². The van der Waals surface area contributed by atoms with Crippen molar-refractivity contribution < 1.29 is 19.1 Å². The number of hydrogen-bond acceptors (Lipinski definition) is 4. The van der Waals surface area contributed by atoms with Crippen molar-refractivity contribution in [3.05, 3.63) is 11.6 Å². The van der Waals surface area contributed by atoms with Gasteiger partial charge in [-0.2, -0.15) is 0 Å². The van der Waals surface area contributed by atoms with Crippen LogP contribution in [0.3, 0.4) is 0 Å². The standard InChI is InChI=1S/C26H48O4Si/c1-18-10-9-11-21(24(18)20(3)15-27)14-22(16-28)25-19(2)12-13-23(30-25)17-29-31(7,8)26(4,5)6/h14-15,18-21,23-25,28H,9-13,16-17H2,1-8H3/b22-14+/t18-,19-,20-,21-,23+,24-,25-/m1/s1. The number of allylic oxidation sites excluding steroid dienone is 1. The zero-order valence-corrected chi connectivity index (χ0v) is 22.3. The Morgan fingerprint density at radius 2 is 1.84 bits per heavy atom. The highest BCUT2D eigenvalue weighted by molar-refractivity contribution is 6.74. The lowest BCUT2D eigenvalue weighted by Crippen LogP contribution is -2.45. The lowest BCUT2D eigenvalue weighted by molar-refractivity contribution is -0.113. The quantitative estimate of drug-likeness (QED) is 0.279. The third-order valence-corrected chi connectivity index (χ3v) is 12.9. The van der Waals surface area contributed by atoms with Crippen LogP contribution in [-0.4, -0.2) is 45.1 Å². The molecule has 2 fully saturated rings. The first-order valence-corrected chi connectivity index (χ1v) is 15.4. The van der Waals surface area contributed by atoms with Crippen molar-refractivity contribution in [1.29, 1.82) is 0 Å². The number of hydrogen-bond donors (Lipinski definition) is 1. The summed E-state index contributed by atoms with van der Waals surface area (Å²) in [6, 6.07) is 0. The van der Waals surface area contributed by atoms with Gasteiger partial charge < -0.3 is 19.1 Å². The van der Waals surface area contributed by atoms with Crippen LogP contribution in [0.15, 0.2) is 11.6 Å². The Morgan fingerprint density at radius 3 is 2.42 bits per heavy atom. The van der Waals surface area contributed by atoms with Gasteiger partial charge in [0.2, 0.25) is 0 Å². The molecule has 0 spiro atoms. The van der Waals surface area contributed by atoms with Crippen molar-refractivity contribution in [3.63, 3.8) is 0 Å². The second kappa shape index (κ2) is 11.1. The molecule has 2 rings (SSSR count). The van der Waals surface area contributed by atoms with E-state index >= 15 is 0 Å². The van der Waals surface area contributed by atoms with E-state index in [2.05, 4.69) is 53.8 Å². The molecule has 4 nitrogen and oxygen atoms in total. The molecule has 0 aromatic carbocycles. The molecule has 1 aliphatic carbocycles. The molecule has 0 aromatic rings. The molecule has 5 heteroatoms. The van der Waals surface area contributed by atoms with Crippen LogP contribution in [0.25, 0.3) is 0 Å². The van der Waals surface area contributed by atoms with E-state index in [4.69, 9.17) is 9.16 Å². The van der Waals surface area contributed by atoms with Crippen molar-refractivity contribution in [2.75, 3.05) is 13.2 Å². The molecule has 2 aliphatic rings. The van der Waals surface area contributed by atoms with Crippen molar-refractivity contribution in [2.45, 2.75) is 104 Å². The van der Waals surface area contributed by atoms with E-state index in [0.29, 0.717) is 30.3 Å². The van der Waals surface area contributed by atoms with E-state index in [1.807, 2.05) is 6.92 Å².